The molecule has 0 heterocycles. The molecule has 0 aliphatic carbocycles. The first-order chi connectivity index (χ1) is 13.1. The number of hydrazone groups is 1. The number of carbonyl (C=O) groups excluding carboxylic acids is 2. The third kappa shape index (κ3) is 7.02. The molecule has 2 aromatic rings. The summed E-state index contributed by atoms with van der Waals surface area (Å²) in [7, 11) is 3.11. The van der Waals surface area contributed by atoms with Gasteiger partial charge < -0.3 is 14.8 Å². The largest absolute Gasteiger partial charge is 0.493 e. The Kier molecular flexibility index (Phi) is 8.18. The van der Waals surface area contributed by atoms with E-state index in [1.54, 1.807) is 44.6 Å². The fourth-order valence-corrected chi connectivity index (χ4v) is 2.71. The molecule has 0 atom stereocenters. The quantitative estimate of drug-likeness (QED) is 0.510. The van der Waals surface area contributed by atoms with Gasteiger partial charge in [-0.1, -0.05) is 18.2 Å². The van der Waals surface area contributed by atoms with Crippen molar-refractivity contribution in [2.75, 3.05) is 31.0 Å². The van der Waals surface area contributed by atoms with Crippen LogP contribution in [0.1, 0.15) is 5.56 Å². The molecule has 2 amide bonds. The molecule has 0 fully saturated rings. The highest BCUT2D eigenvalue weighted by Crippen LogP contribution is 2.26. The van der Waals surface area contributed by atoms with E-state index in [1.807, 2.05) is 18.2 Å². The number of ether oxygens (including phenoxy) is 2. The average molecular weight is 387 g/mol. The second kappa shape index (κ2) is 10.9. The van der Waals surface area contributed by atoms with Gasteiger partial charge in [0.15, 0.2) is 11.5 Å². The van der Waals surface area contributed by atoms with Gasteiger partial charge in [0.25, 0.3) is 0 Å². The molecule has 7 nitrogen and oxygen atoms in total. The van der Waals surface area contributed by atoms with Crippen LogP contribution in [0.2, 0.25) is 0 Å². The third-order valence-corrected chi connectivity index (χ3v) is 4.27. The fraction of sp³-hybridized carbons (Fsp3) is 0.211. The van der Waals surface area contributed by atoms with E-state index in [0.717, 1.165) is 11.3 Å². The Morgan fingerprint density at radius 1 is 1.00 bits per heavy atom. The van der Waals surface area contributed by atoms with Crippen LogP contribution in [-0.2, 0) is 9.59 Å². The van der Waals surface area contributed by atoms with Crippen LogP contribution in [0.3, 0.4) is 0 Å². The van der Waals surface area contributed by atoms with Crippen molar-refractivity contribution < 1.29 is 19.1 Å². The van der Waals surface area contributed by atoms with Crippen LogP contribution in [0.15, 0.2) is 53.6 Å². The topological polar surface area (TPSA) is 89.0 Å². The number of hydrogen-bond donors (Lipinski definition) is 2. The summed E-state index contributed by atoms with van der Waals surface area (Å²) in [5.74, 6) is 1.06. The molecular weight excluding hydrogens is 366 g/mol. The molecule has 0 radical (unpaired) electrons. The molecular formula is C19H21N3O4S. The number of benzene rings is 2. The molecule has 8 heteroatoms. The van der Waals surface area contributed by atoms with Crippen LogP contribution >= 0.6 is 11.8 Å². The molecule has 0 unspecified atom stereocenters. The second-order valence-corrected chi connectivity index (χ2v) is 6.30. The number of amides is 2. The number of hydrogen-bond acceptors (Lipinski definition) is 6. The predicted molar refractivity (Wildman–Crippen MR) is 108 cm³/mol. The smallest absolute Gasteiger partial charge is 0.250 e. The van der Waals surface area contributed by atoms with Gasteiger partial charge in [-0.3, -0.25) is 9.59 Å². The Morgan fingerprint density at radius 3 is 2.41 bits per heavy atom. The molecule has 0 aliphatic rings. The van der Waals surface area contributed by atoms with Gasteiger partial charge in [0.2, 0.25) is 11.8 Å². The molecule has 0 bridgehead atoms. The molecule has 142 valence electrons. The molecule has 0 saturated heterocycles. The number of thioether (sulfide) groups is 1. The Balaban J connectivity index is 1.71. The van der Waals surface area contributed by atoms with E-state index < -0.39 is 0 Å². The standard InChI is InChI=1S/C19H21N3O4S/c1-25-16-9-8-14(10-17(16)26-2)11-20-22-19(24)13-27-12-18(23)21-15-6-4-3-5-7-15/h3-11H,12-13H2,1-2H3,(H,21,23)(H,22,24)/b20-11-. The van der Waals surface area contributed by atoms with E-state index in [-0.39, 0.29) is 23.3 Å². The van der Waals surface area contributed by atoms with Crippen molar-refractivity contribution in [1.82, 2.24) is 5.43 Å². The lowest BCUT2D eigenvalue weighted by molar-refractivity contribution is -0.118. The number of anilines is 1. The lowest BCUT2D eigenvalue weighted by Gasteiger charge is -2.07. The molecule has 2 rings (SSSR count). The molecule has 0 aromatic heterocycles. The Hall–Kier alpha value is -3.00. The maximum Gasteiger partial charge on any atom is 0.250 e. The van der Waals surface area contributed by atoms with E-state index in [2.05, 4.69) is 15.8 Å². The number of methoxy groups -OCH3 is 2. The van der Waals surface area contributed by atoms with Gasteiger partial charge in [-0.25, -0.2) is 5.43 Å². The minimum atomic E-state index is -0.288. The normalized spacial score (nSPS) is 10.4. The average Bonchev–Trinajstić information content (AvgIpc) is 2.68. The van der Waals surface area contributed by atoms with Crippen molar-refractivity contribution in [3.63, 3.8) is 0 Å². The van der Waals surface area contributed by atoms with Gasteiger partial charge in [0.1, 0.15) is 0 Å². The van der Waals surface area contributed by atoms with E-state index in [4.69, 9.17) is 9.47 Å². The summed E-state index contributed by atoms with van der Waals surface area (Å²) < 4.78 is 10.4. The summed E-state index contributed by atoms with van der Waals surface area (Å²) in [5, 5.41) is 6.66. The lowest BCUT2D eigenvalue weighted by Crippen LogP contribution is -2.21. The maximum atomic E-state index is 11.8. The Bertz CT molecular complexity index is 797. The summed E-state index contributed by atoms with van der Waals surface area (Å²) >= 11 is 1.21. The first kappa shape index (κ1) is 20.3. The summed E-state index contributed by atoms with van der Waals surface area (Å²) in [6.07, 6.45) is 1.51. The molecule has 2 aromatic carbocycles. The summed E-state index contributed by atoms with van der Waals surface area (Å²) in [6, 6.07) is 14.5. The zero-order valence-corrected chi connectivity index (χ0v) is 15.9. The summed E-state index contributed by atoms with van der Waals surface area (Å²) in [6.45, 7) is 0. The van der Waals surface area contributed by atoms with Gasteiger partial charge in [0.05, 0.1) is 31.9 Å². The van der Waals surface area contributed by atoms with E-state index >= 15 is 0 Å². The highest BCUT2D eigenvalue weighted by Gasteiger charge is 2.06. The van der Waals surface area contributed by atoms with Gasteiger partial charge in [-0.05, 0) is 35.9 Å². The number of rotatable bonds is 9. The van der Waals surface area contributed by atoms with Gasteiger partial charge >= 0.3 is 0 Å². The zero-order chi connectivity index (χ0) is 19.5. The molecule has 2 N–H and O–H groups in total. The fourth-order valence-electron chi connectivity index (χ4n) is 2.10. The maximum absolute atomic E-state index is 11.8. The molecule has 0 spiro atoms. The number of para-hydroxylation sites is 1. The lowest BCUT2D eigenvalue weighted by atomic mass is 10.2. The molecule has 0 aliphatic heterocycles. The van der Waals surface area contributed by atoms with Crippen molar-refractivity contribution in [2.24, 2.45) is 5.10 Å². The van der Waals surface area contributed by atoms with Crippen LogP contribution in [0.5, 0.6) is 11.5 Å². The Morgan fingerprint density at radius 2 is 1.70 bits per heavy atom. The van der Waals surface area contributed by atoms with Gasteiger partial charge in [-0.2, -0.15) is 5.10 Å². The monoisotopic (exact) mass is 387 g/mol. The third-order valence-electron chi connectivity index (χ3n) is 3.33. The van der Waals surface area contributed by atoms with Crippen LogP contribution < -0.4 is 20.2 Å². The van der Waals surface area contributed by atoms with Crippen LogP contribution in [0.4, 0.5) is 5.69 Å². The van der Waals surface area contributed by atoms with E-state index in [9.17, 15) is 9.59 Å². The van der Waals surface area contributed by atoms with Crippen molar-refractivity contribution in [1.29, 1.82) is 0 Å². The minimum Gasteiger partial charge on any atom is -0.493 e. The van der Waals surface area contributed by atoms with E-state index in [0.29, 0.717) is 11.5 Å². The first-order valence-corrected chi connectivity index (χ1v) is 9.24. The molecule has 27 heavy (non-hydrogen) atoms. The second-order valence-electron chi connectivity index (χ2n) is 5.31. The van der Waals surface area contributed by atoms with Crippen LogP contribution in [0.25, 0.3) is 0 Å². The van der Waals surface area contributed by atoms with Crippen molar-refractivity contribution in [3.05, 3.63) is 54.1 Å². The van der Waals surface area contributed by atoms with Crippen molar-refractivity contribution >= 4 is 35.5 Å². The van der Waals surface area contributed by atoms with Crippen molar-refractivity contribution in [3.8, 4) is 11.5 Å². The van der Waals surface area contributed by atoms with Gasteiger partial charge in [-0.15, -0.1) is 11.8 Å². The SMILES string of the molecule is COc1ccc(/C=N\NC(=O)CSCC(=O)Nc2ccccc2)cc1OC. The molecule has 0 saturated carbocycles. The van der Waals surface area contributed by atoms with Gasteiger partial charge in [0, 0.05) is 5.69 Å². The van der Waals surface area contributed by atoms with Crippen molar-refractivity contribution in [2.45, 2.75) is 0 Å². The zero-order valence-electron chi connectivity index (χ0n) is 15.1. The van der Waals surface area contributed by atoms with Crippen LogP contribution in [-0.4, -0.2) is 43.8 Å². The van der Waals surface area contributed by atoms with E-state index in [1.165, 1.54) is 18.0 Å². The number of nitrogens with one attached hydrogen (secondary N) is 2. The number of carbonyl (C=O) groups is 2. The highest BCUT2D eigenvalue weighted by molar-refractivity contribution is 8.00. The van der Waals surface area contributed by atoms with Crippen LogP contribution in [0, 0.1) is 0 Å². The predicted octanol–water partition coefficient (Wildman–Crippen LogP) is 2.53. The summed E-state index contributed by atoms with van der Waals surface area (Å²) in [4.78, 5) is 23.6. The number of nitrogens with zero attached hydrogens (tertiary/aromatic N) is 1. The summed E-state index contributed by atoms with van der Waals surface area (Å²) in [5.41, 5.74) is 3.91. The highest BCUT2D eigenvalue weighted by atomic mass is 32.2. The first-order valence-electron chi connectivity index (χ1n) is 8.09. The minimum absolute atomic E-state index is 0.130. The Labute approximate surface area is 162 Å².